The number of amides is 1. The molecule has 88 valence electrons. The van der Waals surface area contributed by atoms with Gasteiger partial charge in [-0.3, -0.25) is 9.59 Å². The van der Waals surface area contributed by atoms with Crippen molar-refractivity contribution in [2.24, 2.45) is 0 Å². The van der Waals surface area contributed by atoms with Crippen molar-refractivity contribution in [3.05, 3.63) is 23.8 Å². The van der Waals surface area contributed by atoms with Gasteiger partial charge in [0.25, 0.3) is 5.91 Å². The molecule has 0 atom stereocenters. The summed E-state index contributed by atoms with van der Waals surface area (Å²) in [6.45, 7) is -0.497. The lowest BCUT2D eigenvalue weighted by Gasteiger charge is -2.05. The van der Waals surface area contributed by atoms with E-state index in [2.05, 4.69) is 5.32 Å². The number of anilines is 1. The number of rotatable bonds is 3. The summed E-state index contributed by atoms with van der Waals surface area (Å²) in [5.74, 6) is -2.09. The molecule has 1 amide bonds. The van der Waals surface area contributed by atoms with Crippen LogP contribution in [-0.4, -0.2) is 28.6 Å². The number of aliphatic carboxylic acids is 1. The molecule has 0 radical (unpaired) electrons. The van der Waals surface area contributed by atoms with Crippen LogP contribution >= 0.6 is 12.4 Å². The molecular weight excluding hydrogens is 236 g/mol. The maximum Gasteiger partial charge on any atom is 0.322 e. The Morgan fingerprint density at radius 2 is 2.00 bits per heavy atom. The van der Waals surface area contributed by atoms with Crippen molar-refractivity contribution in [2.45, 2.75) is 0 Å². The second-order valence-corrected chi connectivity index (χ2v) is 2.85. The molecule has 0 aliphatic heterocycles. The van der Waals surface area contributed by atoms with Gasteiger partial charge < -0.3 is 21.3 Å². The zero-order valence-electron chi connectivity index (χ0n) is 8.14. The number of carboxylic acids is 1. The first-order valence-electron chi connectivity index (χ1n) is 4.09. The Bertz CT molecular complexity index is 408. The number of halogens is 1. The number of carbonyl (C=O) groups excluding carboxylic acids is 1. The van der Waals surface area contributed by atoms with Crippen LogP contribution in [0.25, 0.3) is 0 Å². The number of hydrogen-bond acceptors (Lipinski definition) is 4. The molecule has 0 bridgehead atoms. The Hall–Kier alpha value is -1.95. The highest BCUT2D eigenvalue weighted by Crippen LogP contribution is 2.19. The quantitative estimate of drug-likeness (QED) is 0.570. The third-order valence-electron chi connectivity index (χ3n) is 1.67. The fraction of sp³-hybridized carbons (Fsp3) is 0.111. The summed E-state index contributed by atoms with van der Waals surface area (Å²) in [6.07, 6.45) is 0. The summed E-state index contributed by atoms with van der Waals surface area (Å²) in [6, 6.07) is 3.98. The van der Waals surface area contributed by atoms with Gasteiger partial charge >= 0.3 is 5.97 Å². The molecule has 7 heteroatoms. The molecule has 0 saturated heterocycles. The van der Waals surface area contributed by atoms with Gasteiger partial charge in [0, 0.05) is 11.8 Å². The minimum Gasteiger partial charge on any atom is -0.507 e. The van der Waals surface area contributed by atoms with Gasteiger partial charge in [-0.1, -0.05) is 0 Å². The van der Waals surface area contributed by atoms with E-state index in [4.69, 9.17) is 10.8 Å². The Morgan fingerprint density at radius 1 is 1.38 bits per heavy atom. The van der Waals surface area contributed by atoms with Gasteiger partial charge in [0.2, 0.25) is 0 Å². The standard InChI is InChI=1S/C9H10N2O4.ClH/c10-5-1-2-6(7(12)3-5)9(15)11-4-8(13)14;/h1-3,12H,4,10H2,(H,11,15)(H,13,14);1H. The summed E-state index contributed by atoms with van der Waals surface area (Å²) in [5.41, 5.74) is 5.68. The molecule has 0 aliphatic rings. The lowest BCUT2D eigenvalue weighted by Crippen LogP contribution is -2.29. The first-order valence-corrected chi connectivity index (χ1v) is 4.09. The average Bonchev–Trinajstić information content (AvgIpc) is 2.14. The number of carboxylic acid groups (broad SMARTS) is 1. The smallest absolute Gasteiger partial charge is 0.322 e. The van der Waals surface area contributed by atoms with Crippen LogP contribution in [0.5, 0.6) is 5.75 Å². The maximum absolute atomic E-state index is 11.3. The summed E-state index contributed by atoms with van der Waals surface area (Å²) < 4.78 is 0. The van der Waals surface area contributed by atoms with Crippen LogP contribution in [0.4, 0.5) is 5.69 Å². The average molecular weight is 247 g/mol. The normalized spacial score (nSPS) is 9.00. The lowest BCUT2D eigenvalue weighted by atomic mass is 10.1. The van der Waals surface area contributed by atoms with Crippen LogP contribution < -0.4 is 11.1 Å². The van der Waals surface area contributed by atoms with Gasteiger partial charge in [0.05, 0.1) is 5.56 Å². The van der Waals surface area contributed by atoms with E-state index in [0.29, 0.717) is 5.69 Å². The van der Waals surface area contributed by atoms with E-state index in [9.17, 15) is 14.7 Å². The first-order chi connectivity index (χ1) is 7.00. The van der Waals surface area contributed by atoms with Crippen molar-refractivity contribution in [2.75, 3.05) is 12.3 Å². The Balaban J connectivity index is 0.00000225. The van der Waals surface area contributed by atoms with Gasteiger partial charge in [-0.2, -0.15) is 0 Å². The summed E-state index contributed by atoms with van der Waals surface area (Å²) in [5, 5.41) is 19.8. The summed E-state index contributed by atoms with van der Waals surface area (Å²) >= 11 is 0. The highest BCUT2D eigenvalue weighted by molar-refractivity contribution is 5.98. The van der Waals surface area contributed by atoms with Crippen molar-refractivity contribution in [1.82, 2.24) is 5.32 Å². The van der Waals surface area contributed by atoms with Crippen LogP contribution in [-0.2, 0) is 4.79 Å². The number of nitrogen functional groups attached to an aromatic ring is 1. The molecule has 16 heavy (non-hydrogen) atoms. The van der Waals surface area contributed by atoms with Gasteiger partial charge in [0.15, 0.2) is 0 Å². The zero-order chi connectivity index (χ0) is 11.4. The maximum atomic E-state index is 11.3. The van der Waals surface area contributed by atoms with Crippen LogP contribution in [0.15, 0.2) is 18.2 Å². The predicted octanol–water partition coefficient (Wildman–Crippen LogP) is 0.211. The number of benzene rings is 1. The molecule has 0 aromatic heterocycles. The third-order valence-corrected chi connectivity index (χ3v) is 1.67. The number of hydrogen-bond donors (Lipinski definition) is 4. The molecule has 1 rings (SSSR count). The monoisotopic (exact) mass is 246 g/mol. The Kier molecular flexibility index (Phi) is 5.11. The van der Waals surface area contributed by atoms with Gasteiger partial charge in [0.1, 0.15) is 12.3 Å². The molecule has 0 spiro atoms. The van der Waals surface area contributed by atoms with Crippen LogP contribution in [0.1, 0.15) is 10.4 Å². The Morgan fingerprint density at radius 3 is 2.50 bits per heavy atom. The highest BCUT2D eigenvalue weighted by atomic mass is 35.5. The third kappa shape index (κ3) is 3.66. The van der Waals surface area contributed by atoms with Crippen molar-refractivity contribution < 1.29 is 19.8 Å². The van der Waals surface area contributed by atoms with Gasteiger partial charge in [-0.25, -0.2) is 0 Å². The first kappa shape index (κ1) is 14.1. The minimum atomic E-state index is -1.15. The van der Waals surface area contributed by atoms with Crippen molar-refractivity contribution in [1.29, 1.82) is 0 Å². The topological polar surface area (TPSA) is 113 Å². The predicted molar refractivity (Wildman–Crippen MR) is 59.7 cm³/mol. The molecular formula is C9H11ClN2O4. The summed E-state index contributed by atoms with van der Waals surface area (Å²) in [4.78, 5) is 21.5. The van der Waals surface area contributed by atoms with E-state index < -0.39 is 18.4 Å². The minimum absolute atomic E-state index is 0. The zero-order valence-corrected chi connectivity index (χ0v) is 8.95. The van der Waals surface area contributed by atoms with E-state index in [-0.39, 0.29) is 23.7 Å². The van der Waals surface area contributed by atoms with E-state index in [1.54, 1.807) is 0 Å². The Labute approximate surface area is 97.5 Å². The molecule has 6 nitrogen and oxygen atoms in total. The molecule has 0 fully saturated rings. The van der Waals surface area contributed by atoms with E-state index in [0.717, 1.165) is 0 Å². The SMILES string of the molecule is Cl.Nc1ccc(C(=O)NCC(=O)O)c(O)c1. The number of carbonyl (C=O) groups is 2. The second-order valence-electron chi connectivity index (χ2n) is 2.85. The number of nitrogens with one attached hydrogen (secondary N) is 1. The highest BCUT2D eigenvalue weighted by Gasteiger charge is 2.11. The fourth-order valence-corrected chi connectivity index (χ4v) is 0.992. The molecule has 0 aliphatic carbocycles. The van der Waals surface area contributed by atoms with Crippen molar-refractivity contribution >= 4 is 30.0 Å². The molecule has 0 saturated carbocycles. The van der Waals surface area contributed by atoms with E-state index >= 15 is 0 Å². The van der Waals surface area contributed by atoms with Crippen molar-refractivity contribution in [3.63, 3.8) is 0 Å². The molecule has 1 aromatic carbocycles. The molecule has 5 N–H and O–H groups in total. The van der Waals surface area contributed by atoms with Crippen LogP contribution in [0, 0.1) is 0 Å². The molecule has 1 aromatic rings. The van der Waals surface area contributed by atoms with E-state index in [1.807, 2.05) is 0 Å². The van der Waals surface area contributed by atoms with Crippen molar-refractivity contribution in [3.8, 4) is 5.75 Å². The molecule has 0 unspecified atom stereocenters. The largest absolute Gasteiger partial charge is 0.507 e. The van der Waals surface area contributed by atoms with Gasteiger partial charge in [-0.05, 0) is 12.1 Å². The second kappa shape index (κ2) is 5.82. The van der Waals surface area contributed by atoms with Crippen LogP contribution in [0.3, 0.4) is 0 Å². The number of phenols is 1. The van der Waals surface area contributed by atoms with Gasteiger partial charge in [-0.15, -0.1) is 12.4 Å². The van der Waals surface area contributed by atoms with Crippen LogP contribution in [0.2, 0.25) is 0 Å². The number of nitrogens with two attached hydrogens (primary N) is 1. The lowest BCUT2D eigenvalue weighted by molar-refractivity contribution is -0.135. The van der Waals surface area contributed by atoms with E-state index in [1.165, 1.54) is 18.2 Å². The number of phenolic OH excluding ortho intramolecular Hbond substituents is 1. The molecule has 0 heterocycles. The number of aromatic hydroxyl groups is 1. The summed E-state index contributed by atoms with van der Waals surface area (Å²) in [7, 11) is 0. The fourth-order valence-electron chi connectivity index (χ4n) is 0.992.